The fourth-order valence-corrected chi connectivity index (χ4v) is 5.58. The molecule has 1 saturated heterocycles. The molecule has 0 saturated carbocycles. The molecule has 1 aliphatic rings. The molecule has 0 radical (unpaired) electrons. The van der Waals surface area contributed by atoms with Crippen LogP contribution in [-0.2, 0) is 4.79 Å². The van der Waals surface area contributed by atoms with Gasteiger partial charge in [0.15, 0.2) is 0 Å². The van der Waals surface area contributed by atoms with Crippen LogP contribution in [0, 0.1) is 0 Å². The Morgan fingerprint density at radius 3 is 2.95 bits per heavy atom. The van der Waals surface area contributed by atoms with E-state index in [0.29, 0.717) is 11.9 Å². The number of amides is 1. The van der Waals surface area contributed by atoms with E-state index in [1.807, 2.05) is 21.6 Å². The summed E-state index contributed by atoms with van der Waals surface area (Å²) >= 11 is 0. The first-order chi connectivity index (χ1) is 10.7. The number of hydrogen-bond donors (Lipinski definition) is 3. The van der Waals surface area contributed by atoms with Crippen molar-refractivity contribution in [2.75, 3.05) is 11.1 Å². The van der Waals surface area contributed by atoms with Crippen LogP contribution in [0.4, 0.5) is 5.69 Å². The second-order valence-corrected chi connectivity index (χ2v) is 8.25. The number of H-pyrrole nitrogens is 2. The number of carbonyl (C=O) groups excluding carboxylic acids is 1. The Kier molecular flexibility index (Phi) is 5.15. The molecular weight excluding hydrogens is 318 g/mol. The Labute approximate surface area is 136 Å². The molecular formula is C15H19N3O2S2. The first-order valence-corrected chi connectivity index (χ1v) is 9.89. The van der Waals surface area contributed by atoms with Gasteiger partial charge >= 0.3 is 5.69 Å². The van der Waals surface area contributed by atoms with Crippen molar-refractivity contribution in [1.29, 1.82) is 0 Å². The Morgan fingerprint density at radius 1 is 1.27 bits per heavy atom. The number of aromatic amines is 2. The van der Waals surface area contributed by atoms with E-state index in [2.05, 4.69) is 15.3 Å². The standard InChI is InChI=1S/C15H19N3O2S2/c19-14(4-2-1-3-11-7-8-21-22-11)16-10-5-6-12-13(9-10)18-15(20)17-12/h5-6,9,11H,1-4,7-8H2,(H,16,19)(H2,17,18,20). The average molecular weight is 337 g/mol. The average Bonchev–Trinajstić information content (AvgIpc) is 3.11. The monoisotopic (exact) mass is 337 g/mol. The van der Waals surface area contributed by atoms with Crippen molar-refractivity contribution >= 4 is 44.2 Å². The van der Waals surface area contributed by atoms with Crippen LogP contribution in [0.25, 0.3) is 11.0 Å². The molecule has 1 aromatic carbocycles. The molecule has 1 aliphatic heterocycles. The van der Waals surface area contributed by atoms with Crippen molar-refractivity contribution in [3.8, 4) is 0 Å². The molecule has 3 rings (SSSR count). The summed E-state index contributed by atoms with van der Waals surface area (Å²) in [6.07, 6.45) is 5.09. The van der Waals surface area contributed by atoms with E-state index < -0.39 is 0 Å². The van der Waals surface area contributed by atoms with Gasteiger partial charge in [-0.1, -0.05) is 28.0 Å². The molecule has 0 aliphatic carbocycles. The Bertz CT molecular complexity index is 704. The summed E-state index contributed by atoms with van der Waals surface area (Å²) in [5.74, 6) is 1.30. The highest BCUT2D eigenvalue weighted by Crippen LogP contribution is 2.39. The van der Waals surface area contributed by atoms with Gasteiger partial charge in [-0.2, -0.15) is 0 Å². The summed E-state index contributed by atoms with van der Waals surface area (Å²) in [6, 6.07) is 5.37. The number of benzene rings is 1. The van der Waals surface area contributed by atoms with Crippen molar-refractivity contribution in [2.24, 2.45) is 0 Å². The van der Waals surface area contributed by atoms with E-state index in [1.54, 1.807) is 18.2 Å². The van der Waals surface area contributed by atoms with E-state index >= 15 is 0 Å². The quantitative estimate of drug-likeness (QED) is 0.557. The van der Waals surface area contributed by atoms with Crippen molar-refractivity contribution in [1.82, 2.24) is 9.97 Å². The summed E-state index contributed by atoms with van der Waals surface area (Å²) < 4.78 is 0. The van der Waals surface area contributed by atoms with Crippen molar-refractivity contribution in [3.05, 3.63) is 28.7 Å². The van der Waals surface area contributed by atoms with Gasteiger partial charge in [0.1, 0.15) is 0 Å². The zero-order valence-electron chi connectivity index (χ0n) is 12.2. The fraction of sp³-hybridized carbons (Fsp3) is 0.467. The van der Waals surface area contributed by atoms with Crippen LogP contribution in [0.3, 0.4) is 0 Å². The van der Waals surface area contributed by atoms with Gasteiger partial charge in [0, 0.05) is 23.1 Å². The zero-order valence-corrected chi connectivity index (χ0v) is 13.8. The molecule has 3 N–H and O–H groups in total. The minimum atomic E-state index is -0.235. The van der Waals surface area contributed by atoms with Crippen LogP contribution in [0.5, 0.6) is 0 Å². The molecule has 1 unspecified atom stereocenters. The lowest BCUT2D eigenvalue weighted by atomic mass is 10.1. The maximum absolute atomic E-state index is 11.9. The zero-order chi connectivity index (χ0) is 15.4. The number of nitrogens with one attached hydrogen (secondary N) is 3. The predicted molar refractivity (Wildman–Crippen MR) is 94.5 cm³/mol. The maximum Gasteiger partial charge on any atom is 0.323 e. The van der Waals surface area contributed by atoms with Gasteiger partial charge in [-0.25, -0.2) is 4.79 Å². The highest BCUT2D eigenvalue weighted by molar-refractivity contribution is 8.77. The van der Waals surface area contributed by atoms with Gasteiger partial charge in [0.05, 0.1) is 11.0 Å². The number of rotatable bonds is 6. The van der Waals surface area contributed by atoms with Crippen LogP contribution < -0.4 is 11.0 Å². The molecule has 118 valence electrons. The first-order valence-electron chi connectivity index (χ1n) is 7.51. The number of aromatic nitrogens is 2. The second-order valence-electron chi connectivity index (χ2n) is 5.46. The molecule has 7 heteroatoms. The third-order valence-corrected chi connectivity index (χ3v) is 6.71. The third-order valence-electron chi connectivity index (χ3n) is 3.71. The predicted octanol–water partition coefficient (Wildman–Crippen LogP) is 3.51. The molecule has 1 fully saturated rings. The topological polar surface area (TPSA) is 77.8 Å². The number of imidazole rings is 1. The largest absolute Gasteiger partial charge is 0.326 e. The van der Waals surface area contributed by atoms with Crippen molar-refractivity contribution < 1.29 is 4.79 Å². The van der Waals surface area contributed by atoms with E-state index in [1.165, 1.54) is 18.6 Å². The number of fused-ring (bicyclic) bond motifs is 1. The normalized spacial score (nSPS) is 17.9. The summed E-state index contributed by atoms with van der Waals surface area (Å²) in [4.78, 5) is 28.5. The third kappa shape index (κ3) is 4.10. The van der Waals surface area contributed by atoms with Crippen LogP contribution in [0.2, 0.25) is 0 Å². The summed E-state index contributed by atoms with van der Waals surface area (Å²) in [5, 5.41) is 3.67. The highest BCUT2D eigenvalue weighted by atomic mass is 33.1. The number of carbonyl (C=O) groups is 1. The van der Waals surface area contributed by atoms with Crippen LogP contribution in [-0.4, -0.2) is 26.9 Å². The first kappa shape index (κ1) is 15.6. The van der Waals surface area contributed by atoms with Crippen LogP contribution in [0.15, 0.2) is 23.0 Å². The van der Waals surface area contributed by atoms with E-state index in [4.69, 9.17) is 0 Å². The van der Waals surface area contributed by atoms with Gasteiger partial charge in [-0.15, -0.1) is 0 Å². The molecule has 0 bridgehead atoms. The Morgan fingerprint density at radius 2 is 2.14 bits per heavy atom. The van der Waals surface area contributed by atoms with Crippen molar-refractivity contribution in [3.63, 3.8) is 0 Å². The molecule has 1 amide bonds. The van der Waals surface area contributed by atoms with Crippen molar-refractivity contribution in [2.45, 2.75) is 37.4 Å². The van der Waals surface area contributed by atoms with Crippen LogP contribution >= 0.6 is 21.6 Å². The van der Waals surface area contributed by atoms with E-state index in [0.717, 1.165) is 29.3 Å². The number of hydrogen-bond acceptors (Lipinski definition) is 4. The molecule has 1 aromatic heterocycles. The molecule has 0 spiro atoms. The SMILES string of the molecule is O=C(CCCCC1CCSS1)Nc1ccc2[nH]c(=O)[nH]c2c1. The Hall–Kier alpha value is -1.34. The minimum absolute atomic E-state index is 0.0330. The van der Waals surface area contributed by atoms with Gasteiger partial charge in [0.2, 0.25) is 5.91 Å². The molecule has 22 heavy (non-hydrogen) atoms. The Balaban J connectivity index is 1.44. The van der Waals surface area contributed by atoms with Crippen LogP contribution in [0.1, 0.15) is 32.1 Å². The second kappa shape index (κ2) is 7.28. The van der Waals surface area contributed by atoms with Gasteiger partial charge in [-0.3, -0.25) is 4.79 Å². The van der Waals surface area contributed by atoms with E-state index in [9.17, 15) is 9.59 Å². The minimum Gasteiger partial charge on any atom is -0.326 e. The lowest BCUT2D eigenvalue weighted by molar-refractivity contribution is -0.116. The van der Waals surface area contributed by atoms with Gasteiger partial charge in [0.25, 0.3) is 0 Å². The molecule has 1 atom stereocenters. The number of anilines is 1. The fourth-order valence-electron chi connectivity index (χ4n) is 2.56. The smallest absolute Gasteiger partial charge is 0.323 e. The summed E-state index contributed by atoms with van der Waals surface area (Å²) in [7, 11) is 3.95. The highest BCUT2D eigenvalue weighted by Gasteiger charge is 2.15. The van der Waals surface area contributed by atoms with E-state index in [-0.39, 0.29) is 11.6 Å². The summed E-state index contributed by atoms with van der Waals surface area (Å²) in [5.41, 5.74) is 1.94. The molecule has 2 aromatic rings. The molecule has 5 nitrogen and oxygen atoms in total. The van der Waals surface area contributed by atoms with Gasteiger partial charge < -0.3 is 15.3 Å². The lowest BCUT2D eigenvalue weighted by Gasteiger charge is -2.07. The maximum atomic E-state index is 11.9. The van der Waals surface area contributed by atoms with Gasteiger partial charge in [-0.05, 0) is 37.5 Å². The summed E-state index contributed by atoms with van der Waals surface area (Å²) in [6.45, 7) is 0. The lowest BCUT2D eigenvalue weighted by Crippen LogP contribution is -2.11. The number of unbranched alkanes of at least 4 members (excludes halogenated alkanes) is 1. The molecule has 2 heterocycles.